The van der Waals surface area contributed by atoms with Crippen molar-refractivity contribution in [2.45, 2.75) is 46.5 Å². The molecule has 0 N–H and O–H groups in total. The van der Waals surface area contributed by atoms with E-state index < -0.39 is 0 Å². The van der Waals surface area contributed by atoms with Crippen molar-refractivity contribution in [1.82, 2.24) is 9.78 Å². The summed E-state index contributed by atoms with van der Waals surface area (Å²) in [5.74, 6) is 0.534. The van der Waals surface area contributed by atoms with Gasteiger partial charge in [0.05, 0.1) is 6.20 Å². The summed E-state index contributed by atoms with van der Waals surface area (Å²) in [6.45, 7) is 12.4. The summed E-state index contributed by atoms with van der Waals surface area (Å²) in [5, 5.41) is 4.48. The van der Waals surface area contributed by atoms with Gasteiger partial charge in [-0.05, 0) is 30.9 Å². The molecule has 0 atom stereocenters. The molecule has 0 radical (unpaired) electrons. The van der Waals surface area contributed by atoms with Crippen LogP contribution in [-0.2, 0) is 6.42 Å². The summed E-state index contributed by atoms with van der Waals surface area (Å²) in [6, 6.07) is 0. The maximum absolute atomic E-state index is 4.48. The van der Waals surface area contributed by atoms with E-state index in [-0.39, 0.29) is 0 Å². The lowest BCUT2D eigenvalue weighted by molar-refractivity contribution is 0.760. The average Bonchev–Trinajstić information content (AvgIpc) is 2.62. The van der Waals surface area contributed by atoms with Crippen LogP contribution in [0.4, 0.5) is 0 Å². The van der Waals surface area contributed by atoms with Crippen LogP contribution in [0.5, 0.6) is 0 Å². The molecule has 0 saturated carbocycles. The van der Waals surface area contributed by atoms with E-state index in [1.807, 2.05) is 23.0 Å². The van der Waals surface area contributed by atoms with Crippen LogP contribution in [0.1, 0.15) is 51.3 Å². The van der Waals surface area contributed by atoms with Crippen molar-refractivity contribution in [3.05, 3.63) is 36.2 Å². The third-order valence-electron chi connectivity index (χ3n) is 2.70. The molecule has 0 aliphatic heterocycles. The minimum absolute atomic E-state index is 0.534. The monoisotopic (exact) mass is 218 g/mol. The van der Waals surface area contributed by atoms with Gasteiger partial charge in [0.2, 0.25) is 0 Å². The first-order valence-electron chi connectivity index (χ1n) is 5.98. The second kappa shape index (κ2) is 5.69. The van der Waals surface area contributed by atoms with Crippen LogP contribution < -0.4 is 0 Å². The fraction of sp³-hybridized carbons (Fsp3) is 0.500. The maximum Gasteiger partial charge on any atom is 0.0531 e. The van der Waals surface area contributed by atoms with Gasteiger partial charge in [0.15, 0.2) is 0 Å². The Bertz CT molecular complexity index is 383. The van der Waals surface area contributed by atoms with Gasteiger partial charge in [0.1, 0.15) is 0 Å². The average molecular weight is 218 g/mol. The lowest BCUT2D eigenvalue weighted by Crippen LogP contribution is -2.04. The first-order valence-corrected chi connectivity index (χ1v) is 5.98. The topological polar surface area (TPSA) is 17.8 Å². The number of hydrogen-bond donors (Lipinski definition) is 0. The molecule has 1 rings (SSSR count). The highest BCUT2D eigenvalue weighted by Gasteiger charge is 2.13. The summed E-state index contributed by atoms with van der Waals surface area (Å²) in [4.78, 5) is 0. The zero-order valence-electron chi connectivity index (χ0n) is 10.8. The van der Waals surface area contributed by atoms with E-state index in [1.165, 1.54) is 11.3 Å². The van der Waals surface area contributed by atoms with Gasteiger partial charge in [0.25, 0.3) is 0 Å². The first kappa shape index (κ1) is 12.8. The van der Waals surface area contributed by atoms with E-state index in [1.54, 1.807) is 0 Å². The van der Waals surface area contributed by atoms with Crippen LogP contribution in [0, 0.1) is 0 Å². The predicted molar refractivity (Wildman–Crippen MR) is 70.5 cm³/mol. The molecule has 0 aliphatic rings. The lowest BCUT2D eigenvalue weighted by Gasteiger charge is -2.10. The molecule has 1 heterocycles. The summed E-state index contributed by atoms with van der Waals surface area (Å²) in [7, 11) is 0. The zero-order valence-corrected chi connectivity index (χ0v) is 10.8. The largest absolute Gasteiger partial charge is 0.242 e. The fourth-order valence-corrected chi connectivity index (χ4v) is 1.90. The second-order valence-corrected chi connectivity index (χ2v) is 4.41. The molecular formula is C14H22N2. The standard InChI is InChI=1S/C14H22N2/c1-6-8-12(5)16-14(9-7-2)13(10-15-16)11(3)4/h6,8,10-11H,1,7,9H2,2-5H3/b12-8-. The molecule has 88 valence electrons. The summed E-state index contributed by atoms with van der Waals surface area (Å²) in [5.41, 5.74) is 3.83. The van der Waals surface area contributed by atoms with Crippen molar-refractivity contribution in [1.29, 1.82) is 0 Å². The normalized spacial score (nSPS) is 12.2. The SMILES string of the molecule is C=C/C=C(/C)n1ncc(C(C)C)c1CCC. The van der Waals surface area contributed by atoms with Crippen LogP contribution in [0.2, 0.25) is 0 Å². The third kappa shape index (κ3) is 2.63. The Hall–Kier alpha value is -1.31. The van der Waals surface area contributed by atoms with Crippen LogP contribution in [0.25, 0.3) is 5.70 Å². The molecule has 0 spiro atoms. The van der Waals surface area contributed by atoms with E-state index in [4.69, 9.17) is 0 Å². The molecule has 16 heavy (non-hydrogen) atoms. The molecule has 0 aliphatic carbocycles. The van der Waals surface area contributed by atoms with Crippen LogP contribution in [0.3, 0.4) is 0 Å². The van der Waals surface area contributed by atoms with Crippen molar-refractivity contribution in [3.8, 4) is 0 Å². The number of allylic oxidation sites excluding steroid dienone is 3. The van der Waals surface area contributed by atoms with Crippen LogP contribution in [0.15, 0.2) is 24.9 Å². The molecule has 0 saturated heterocycles. The molecule has 0 bridgehead atoms. The van der Waals surface area contributed by atoms with Crippen LogP contribution in [-0.4, -0.2) is 9.78 Å². The number of aromatic nitrogens is 2. The second-order valence-electron chi connectivity index (χ2n) is 4.41. The Labute approximate surface area is 98.7 Å². The van der Waals surface area contributed by atoms with E-state index in [9.17, 15) is 0 Å². The fourth-order valence-electron chi connectivity index (χ4n) is 1.90. The molecule has 0 unspecified atom stereocenters. The highest BCUT2D eigenvalue weighted by Crippen LogP contribution is 2.22. The van der Waals surface area contributed by atoms with E-state index in [0.29, 0.717) is 5.92 Å². The van der Waals surface area contributed by atoms with Crippen LogP contribution >= 0.6 is 0 Å². The summed E-state index contributed by atoms with van der Waals surface area (Å²) in [6.07, 6.45) is 8.02. The predicted octanol–water partition coefficient (Wildman–Crippen LogP) is 4.01. The molecule has 1 aromatic heterocycles. The van der Waals surface area contributed by atoms with Gasteiger partial charge in [-0.1, -0.05) is 39.8 Å². The number of hydrogen-bond acceptors (Lipinski definition) is 1. The Morgan fingerprint density at radius 2 is 2.25 bits per heavy atom. The van der Waals surface area contributed by atoms with Gasteiger partial charge in [-0.15, -0.1) is 0 Å². The smallest absolute Gasteiger partial charge is 0.0531 e. The Morgan fingerprint density at radius 3 is 2.75 bits per heavy atom. The molecule has 0 aromatic carbocycles. The van der Waals surface area contributed by atoms with Gasteiger partial charge in [-0.25, -0.2) is 4.68 Å². The molecule has 1 aromatic rings. The Balaban J connectivity index is 3.19. The summed E-state index contributed by atoms with van der Waals surface area (Å²) < 4.78 is 2.04. The third-order valence-corrected chi connectivity index (χ3v) is 2.70. The van der Waals surface area contributed by atoms with Gasteiger partial charge in [0, 0.05) is 11.4 Å². The molecule has 2 heteroatoms. The Kier molecular flexibility index (Phi) is 4.53. The molecule has 2 nitrogen and oxygen atoms in total. The first-order chi connectivity index (χ1) is 7.61. The summed E-state index contributed by atoms with van der Waals surface area (Å²) >= 11 is 0. The molecular weight excluding hydrogens is 196 g/mol. The Morgan fingerprint density at radius 1 is 1.56 bits per heavy atom. The number of nitrogens with zero attached hydrogens (tertiary/aromatic N) is 2. The maximum atomic E-state index is 4.48. The van der Waals surface area contributed by atoms with Crippen molar-refractivity contribution in [3.63, 3.8) is 0 Å². The van der Waals surface area contributed by atoms with E-state index in [0.717, 1.165) is 18.5 Å². The highest BCUT2D eigenvalue weighted by molar-refractivity contribution is 5.47. The minimum atomic E-state index is 0.534. The molecule has 0 fully saturated rings. The van der Waals surface area contributed by atoms with Gasteiger partial charge < -0.3 is 0 Å². The number of rotatable bonds is 5. The quantitative estimate of drug-likeness (QED) is 0.683. The van der Waals surface area contributed by atoms with Crippen molar-refractivity contribution in [2.24, 2.45) is 0 Å². The van der Waals surface area contributed by atoms with Crippen molar-refractivity contribution >= 4 is 5.70 Å². The van der Waals surface area contributed by atoms with Gasteiger partial charge in [-0.2, -0.15) is 5.10 Å². The minimum Gasteiger partial charge on any atom is -0.242 e. The van der Waals surface area contributed by atoms with Crippen molar-refractivity contribution < 1.29 is 0 Å². The highest BCUT2D eigenvalue weighted by atomic mass is 15.3. The zero-order chi connectivity index (χ0) is 12.1. The van der Waals surface area contributed by atoms with E-state index in [2.05, 4.69) is 39.4 Å². The van der Waals surface area contributed by atoms with E-state index >= 15 is 0 Å². The lowest BCUT2D eigenvalue weighted by atomic mass is 10.0. The van der Waals surface area contributed by atoms with Gasteiger partial charge in [-0.3, -0.25) is 0 Å². The molecule has 0 amide bonds. The van der Waals surface area contributed by atoms with Crippen molar-refractivity contribution in [2.75, 3.05) is 0 Å². The van der Waals surface area contributed by atoms with Gasteiger partial charge >= 0.3 is 0 Å².